The van der Waals surface area contributed by atoms with Crippen molar-refractivity contribution in [1.82, 2.24) is 4.90 Å². The van der Waals surface area contributed by atoms with Crippen molar-refractivity contribution in [3.63, 3.8) is 0 Å². The van der Waals surface area contributed by atoms with Crippen molar-refractivity contribution in [2.24, 2.45) is 0 Å². The van der Waals surface area contributed by atoms with Crippen LogP contribution in [0, 0.1) is 0 Å². The highest BCUT2D eigenvalue weighted by Crippen LogP contribution is 2.40. The summed E-state index contributed by atoms with van der Waals surface area (Å²) in [5.74, 6) is 0.410. The second-order valence-corrected chi connectivity index (χ2v) is 6.19. The first-order valence-corrected chi connectivity index (χ1v) is 7.94. The van der Waals surface area contributed by atoms with Gasteiger partial charge in [0.2, 0.25) is 0 Å². The van der Waals surface area contributed by atoms with Gasteiger partial charge in [-0.05, 0) is 37.8 Å². The molecule has 0 aromatic heterocycles. The number of likely N-dealkylation sites (tertiary alicyclic amines) is 1. The molecule has 2 heterocycles. The summed E-state index contributed by atoms with van der Waals surface area (Å²) >= 11 is 0. The number of fused-ring (bicyclic) bond motifs is 1. The van der Waals surface area contributed by atoms with Crippen LogP contribution in [0.2, 0.25) is 0 Å². The van der Waals surface area contributed by atoms with E-state index in [0.29, 0.717) is 0 Å². The Hall–Kier alpha value is -1.77. The number of para-hydroxylation sites is 1. The third-order valence-corrected chi connectivity index (χ3v) is 4.96. The highest BCUT2D eigenvalue weighted by molar-refractivity contribution is 5.97. The molecule has 0 N–H and O–H groups in total. The number of benzene rings is 1. The smallest absolute Gasteiger partial charge is 0.252 e. The average molecular weight is 284 g/mol. The first-order valence-electron chi connectivity index (χ1n) is 7.94. The fourth-order valence-corrected chi connectivity index (χ4v) is 3.60. The van der Waals surface area contributed by atoms with E-state index < -0.39 is 0 Å². The highest BCUT2D eigenvalue weighted by Gasteiger charge is 2.32. The molecule has 1 aromatic rings. The number of hydrogen-bond acceptors (Lipinski definition) is 2. The van der Waals surface area contributed by atoms with E-state index in [1.165, 1.54) is 17.7 Å². The molecule has 2 aliphatic rings. The van der Waals surface area contributed by atoms with Gasteiger partial charge < -0.3 is 9.80 Å². The van der Waals surface area contributed by atoms with Crippen LogP contribution >= 0.6 is 0 Å². The van der Waals surface area contributed by atoms with Crippen LogP contribution in [0.15, 0.2) is 35.5 Å². The average Bonchev–Trinajstić information content (AvgIpc) is 2.53. The zero-order valence-electron chi connectivity index (χ0n) is 13.2. The van der Waals surface area contributed by atoms with E-state index in [4.69, 9.17) is 0 Å². The number of hydrogen-bond donors (Lipinski definition) is 0. The van der Waals surface area contributed by atoms with Gasteiger partial charge >= 0.3 is 0 Å². The predicted octanol–water partition coefficient (Wildman–Crippen LogP) is 3.53. The molecule has 0 bridgehead atoms. The van der Waals surface area contributed by atoms with Crippen molar-refractivity contribution in [2.75, 3.05) is 25.0 Å². The topological polar surface area (TPSA) is 23.6 Å². The first-order chi connectivity index (χ1) is 10.1. The van der Waals surface area contributed by atoms with E-state index in [-0.39, 0.29) is 11.8 Å². The molecule has 1 amide bonds. The molecular weight excluding hydrogens is 260 g/mol. The molecule has 3 rings (SSSR count). The summed E-state index contributed by atoms with van der Waals surface area (Å²) in [4.78, 5) is 17.2. The third-order valence-electron chi connectivity index (χ3n) is 4.96. The van der Waals surface area contributed by atoms with Gasteiger partial charge in [-0.1, -0.05) is 25.1 Å². The second-order valence-electron chi connectivity index (χ2n) is 6.19. The van der Waals surface area contributed by atoms with Crippen molar-refractivity contribution in [2.45, 2.75) is 39.0 Å². The van der Waals surface area contributed by atoms with E-state index in [9.17, 15) is 4.79 Å². The van der Waals surface area contributed by atoms with Gasteiger partial charge in [-0.3, -0.25) is 4.79 Å². The lowest BCUT2D eigenvalue weighted by molar-refractivity contribution is -0.128. The Balaban J connectivity index is 1.97. The number of carbonyl (C=O) groups excluding carboxylic acids is 1. The molecule has 1 aromatic carbocycles. The predicted molar refractivity (Wildman–Crippen MR) is 86.4 cm³/mol. The fraction of sp³-hybridized carbons (Fsp3) is 0.500. The van der Waals surface area contributed by atoms with Crippen molar-refractivity contribution in [3.05, 3.63) is 41.1 Å². The molecule has 2 aliphatic heterocycles. The highest BCUT2D eigenvalue weighted by atomic mass is 16.2. The molecule has 0 radical (unpaired) electrons. The maximum atomic E-state index is 13.0. The van der Waals surface area contributed by atoms with Gasteiger partial charge in [0.05, 0.1) is 0 Å². The molecule has 3 heteroatoms. The first kappa shape index (κ1) is 14.2. The van der Waals surface area contributed by atoms with Crippen LogP contribution in [0.4, 0.5) is 5.69 Å². The molecule has 1 saturated heterocycles. The summed E-state index contributed by atoms with van der Waals surface area (Å²) in [6.07, 6.45) is 3.53. The maximum absolute atomic E-state index is 13.0. The van der Waals surface area contributed by atoms with Crippen LogP contribution in [0.5, 0.6) is 0 Å². The monoisotopic (exact) mass is 284 g/mol. The Morgan fingerprint density at radius 3 is 2.52 bits per heavy atom. The number of nitrogens with zero attached hydrogens (tertiary/aromatic N) is 2. The zero-order valence-corrected chi connectivity index (χ0v) is 13.2. The minimum atomic E-state index is 0.173. The van der Waals surface area contributed by atoms with Crippen LogP contribution in [0.1, 0.15) is 44.6 Å². The molecule has 1 atom stereocenters. The summed E-state index contributed by atoms with van der Waals surface area (Å²) < 4.78 is 0. The number of carbonyl (C=O) groups is 1. The molecule has 0 aliphatic carbocycles. The Labute approximate surface area is 127 Å². The lowest BCUT2D eigenvalue weighted by atomic mass is 9.85. The molecule has 0 spiro atoms. The quantitative estimate of drug-likeness (QED) is 0.787. The lowest BCUT2D eigenvalue weighted by Gasteiger charge is -2.37. The van der Waals surface area contributed by atoms with Gasteiger partial charge in [-0.2, -0.15) is 0 Å². The van der Waals surface area contributed by atoms with Crippen molar-refractivity contribution >= 4 is 11.6 Å². The lowest BCUT2D eigenvalue weighted by Crippen LogP contribution is -2.40. The fourth-order valence-electron chi connectivity index (χ4n) is 3.60. The molecule has 21 heavy (non-hydrogen) atoms. The van der Waals surface area contributed by atoms with E-state index in [1.807, 2.05) is 4.90 Å². The van der Waals surface area contributed by atoms with Gasteiger partial charge in [-0.25, -0.2) is 0 Å². The number of piperidine rings is 1. The normalized spacial score (nSPS) is 22.3. The summed E-state index contributed by atoms with van der Waals surface area (Å²) in [6, 6.07) is 8.41. The number of allylic oxidation sites excluding steroid dienone is 1. The maximum Gasteiger partial charge on any atom is 0.252 e. The van der Waals surface area contributed by atoms with Gasteiger partial charge in [-0.15, -0.1) is 0 Å². The van der Waals surface area contributed by atoms with E-state index in [1.54, 1.807) is 0 Å². The summed E-state index contributed by atoms with van der Waals surface area (Å²) in [5, 5.41) is 0. The Morgan fingerprint density at radius 1 is 1.14 bits per heavy atom. The zero-order chi connectivity index (χ0) is 15.0. The standard InChI is InChI=1S/C18H24N2O/c1-13-15-9-5-6-10-16(15)19(3)14(2)17(13)18(21)20-11-7-4-8-12-20/h5-6,9-10,13H,4,7-8,11-12H2,1-3H3. The summed E-state index contributed by atoms with van der Waals surface area (Å²) in [6.45, 7) is 6.05. The molecule has 1 fully saturated rings. The van der Waals surface area contributed by atoms with Crippen LogP contribution in [-0.2, 0) is 4.79 Å². The molecule has 112 valence electrons. The van der Waals surface area contributed by atoms with Gasteiger partial charge in [0.25, 0.3) is 5.91 Å². The van der Waals surface area contributed by atoms with Crippen LogP contribution in [0.25, 0.3) is 0 Å². The molecule has 0 saturated carbocycles. The van der Waals surface area contributed by atoms with Gasteiger partial charge in [0.1, 0.15) is 0 Å². The van der Waals surface area contributed by atoms with E-state index in [0.717, 1.165) is 37.2 Å². The van der Waals surface area contributed by atoms with Crippen LogP contribution < -0.4 is 4.90 Å². The van der Waals surface area contributed by atoms with Crippen molar-refractivity contribution in [1.29, 1.82) is 0 Å². The Morgan fingerprint density at radius 2 is 1.81 bits per heavy atom. The number of anilines is 1. The van der Waals surface area contributed by atoms with E-state index in [2.05, 4.69) is 50.1 Å². The minimum absolute atomic E-state index is 0.173. The second kappa shape index (κ2) is 5.55. The van der Waals surface area contributed by atoms with Crippen molar-refractivity contribution in [3.8, 4) is 0 Å². The molecule has 1 unspecified atom stereocenters. The summed E-state index contributed by atoms with van der Waals surface area (Å²) in [7, 11) is 2.06. The Bertz CT molecular complexity index is 585. The van der Waals surface area contributed by atoms with E-state index >= 15 is 0 Å². The Kier molecular flexibility index (Phi) is 3.75. The molecule has 3 nitrogen and oxygen atoms in total. The third kappa shape index (κ3) is 2.35. The largest absolute Gasteiger partial charge is 0.348 e. The SMILES string of the molecule is CC1=C(C(=O)N2CCCCC2)C(C)c2ccccc2N1C. The number of amides is 1. The van der Waals surface area contributed by atoms with Crippen LogP contribution in [0.3, 0.4) is 0 Å². The van der Waals surface area contributed by atoms with Crippen molar-refractivity contribution < 1.29 is 4.79 Å². The van der Waals surface area contributed by atoms with Crippen LogP contribution in [-0.4, -0.2) is 30.9 Å². The number of rotatable bonds is 1. The van der Waals surface area contributed by atoms with Gasteiger partial charge in [0.15, 0.2) is 0 Å². The molecular formula is C18H24N2O. The van der Waals surface area contributed by atoms with Gasteiger partial charge in [0, 0.05) is 43.0 Å². The minimum Gasteiger partial charge on any atom is -0.348 e. The summed E-state index contributed by atoms with van der Waals surface area (Å²) in [5.41, 5.74) is 4.54.